The minimum atomic E-state index is -0.0527. The van der Waals surface area contributed by atoms with E-state index in [-0.39, 0.29) is 6.04 Å². The Labute approximate surface area is 126 Å². The molecule has 0 saturated heterocycles. The van der Waals surface area contributed by atoms with Crippen LogP contribution in [0.3, 0.4) is 0 Å². The molecule has 2 aromatic rings. The van der Waals surface area contributed by atoms with Crippen molar-refractivity contribution >= 4 is 23.0 Å². The van der Waals surface area contributed by atoms with Gasteiger partial charge in [-0.1, -0.05) is 23.7 Å². The van der Waals surface area contributed by atoms with E-state index in [1.54, 1.807) is 0 Å². The SMILES string of the molecule is Cc1cc(C)cc(N(C)c2ccc(C(C)N)c(Cl)c2)c1. The summed E-state index contributed by atoms with van der Waals surface area (Å²) in [4.78, 5) is 2.14. The predicted octanol–water partition coefficient (Wildman–Crippen LogP) is 4.74. The summed E-state index contributed by atoms with van der Waals surface area (Å²) in [5, 5.41) is 0.716. The number of anilines is 2. The van der Waals surface area contributed by atoms with Crippen molar-refractivity contribution in [1.29, 1.82) is 0 Å². The van der Waals surface area contributed by atoms with Crippen LogP contribution in [-0.2, 0) is 0 Å². The van der Waals surface area contributed by atoms with Gasteiger partial charge in [0.1, 0.15) is 0 Å². The molecule has 0 aromatic heterocycles. The molecule has 0 aliphatic rings. The van der Waals surface area contributed by atoms with Crippen LogP contribution in [0.4, 0.5) is 11.4 Å². The molecule has 2 aromatic carbocycles. The number of benzene rings is 2. The molecule has 0 fully saturated rings. The lowest BCUT2D eigenvalue weighted by atomic mass is 10.1. The lowest BCUT2D eigenvalue weighted by Crippen LogP contribution is -2.11. The van der Waals surface area contributed by atoms with E-state index < -0.39 is 0 Å². The van der Waals surface area contributed by atoms with Gasteiger partial charge in [-0.15, -0.1) is 0 Å². The first-order chi connectivity index (χ1) is 9.38. The second kappa shape index (κ2) is 5.86. The Kier molecular flexibility index (Phi) is 4.36. The maximum atomic E-state index is 6.31. The molecule has 2 nitrogen and oxygen atoms in total. The maximum absolute atomic E-state index is 6.31. The van der Waals surface area contributed by atoms with Crippen molar-refractivity contribution in [3.8, 4) is 0 Å². The van der Waals surface area contributed by atoms with Gasteiger partial charge in [0.15, 0.2) is 0 Å². The summed E-state index contributed by atoms with van der Waals surface area (Å²) >= 11 is 6.31. The minimum Gasteiger partial charge on any atom is -0.345 e. The molecule has 2 N–H and O–H groups in total. The first-order valence-electron chi connectivity index (χ1n) is 6.75. The summed E-state index contributed by atoms with van der Waals surface area (Å²) in [5.74, 6) is 0. The van der Waals surface area contributed by atoms with E-state index in [2.05, 4.69) is 43.0 Å². The summed E-state index contributed by atoms with van der Waals surface area (Å²) in [6.45, 7) is 6.15. The molecule has 0 saturated carbocycles. The molecule has 106 valence electrons. The van der Waals surface area contributed by atoms with Crippen molar-refractivity contribution in [1.82, 2.24) is 0 Å². The molecule has 0 radical (unpaired) electrons. The highest BCUT2D eigenvalue weighted by atomic mass is 35.5. The van der Waals surface area contributed by atoms with Gasteiger partial charge in [-0.2, -0.15) is 0 Å². The van der Waals surface area contributed by atoms with Crippen LogP contribution in [0.5, 0.6) is 0 Å². The van der Waals surface area contributed by atoms with Crippen LogP contribution in [-0.4, -0.2) is 7.05 Å². The summed E-state index contributed by atoms with van der Waals surface area (Å²) in [7, 11) is 2.05. The van der Waals surface area contributed by atoms with Crippen molar-refractivity contribution in [3.05, 3.63) is 58.1 Å². The van der Waals surface area contributed by atoms with Crippen molar-refractivity contribution in [3.63, 3.8) is 0 Å². The van der Waals surface area contributed by atoms with E-state index in [0.29, 0.717) is 5.02 Å². The molecular weight excluding hydrogens is 268 g/mol. The average molecular weight is 289 g/mol. The number of halogens is 1. The van der Waals surface area contributed by atoms with E-state index >= 15 is 0 Å². The molecule has 0 aliphatic heterocycles. The van der Waals surface area contributed by atoms with Gasteiger partial charge in [-0.25, -0.2) is 0 Å². The van der Waals surface area contributed by atoms with Crippen LogP contribution >= 0.6 is 11.6 Å². The second-order valence-corrected chi connectivity index (χ2v) is 5.81. The normalized spacial score (nSPS) is 12.3. The van der Waals surface area contributed by atoms with E-state index in [1.165, 1.54) is 11.1 Å². The Morgan fingerprint density at radius 2 is 1.60 bits per heavy atom. The Balaban J connectivity index is 2.38. The van der Waals surface area contributed by atoms with Crippen LogP contribution in [0.25, 0.3) is 0 Å². The summed E-state index contributed by atoms with van der Waals surface area (Å²) in [6, 6.07) is 12.5. The van der Waals surface area contributed by atoms with E-state index in [9.17, 15) is 0 Å². The lowest BCUT2D eigenvalue weighted by Gasteiger charge is -2.22. The van der Waals surface area contributed by atoms with Crippen molar-refractivity contribution in [2.75, 3.05) is 11.9 Å². The van der Waals surface area contributed by atoms with Crippen LogP contribution in [0, 0.1) is 13.8 Å². The zero-order valence-corrected chi connectivity index (χ0v) is 13.2. The second-order valence-electron chi connectivity index (χ2n) is 5.40. The molecule has 0 aliphatic carbocycles. The molecule has 20 heavy (non-hydrogen) atoms. The third-order valence-corrected chi connectivity index (χ3v) is 3.78. The van der Waals surface area contributed by atoms with E-state index in [0.717, 1.165) is 16.9 Å². The summed E-state index contributed by atoms with van der Waals surface area (Å²) in [5.41, 5.74) is 11.6. The Bertz CT molecular complexity index is 600. The topological polar surface area (TPSA) is 29.3 Å². The predicted molar refractivity (Wildman–Crippen MR) is 88.0 cm³/mol. The number of rotatable bonds is 3. The highest BCUT2D eigenvalue weighted by Gasteiger charge is 2.10. The lowest BCUT2D eigenvalue weighted by molar-refractivity contribution is 0.818. The summed E-state index contributed by atoms with van der Waals surface area (Å²) < 4.78 is 0. The van der Waals surface area contributed by atoms with Gasteiger partial charge in [0.05, 0.1) is 0 Å². The highest BCUT2D eigenvalue weighted by Crippen LogP contribution is 2.30. The maximum Gasteiger partial charge on any atom is 0.0474 e. The molecule has 0 bridgehead atoms. The van der Waals surface area contributed by atoms with Gasteiger partial charge in [-0.05, 0) is 61.7 Å². The Morgan fingerprint density at radius 1 is 1.00 bits per heavy atom. The monoisotopic (exact) mass is 288 g/mol. The molecule has 2 rings (SSSR count). The quantitative estimate of drug-likeness (QED) is 0.883. The largest absolute Gasteiger partial charge is 0.345 e. The number of nitrogens with two attached hydrogens (primary N) is 1. The molecule has 3 heteroatoms. The zero-order chi connectivity index (χ0) is 14.9. The fourth-order valence-electron chi connectivity index (χ4n) is 2.39. The van der Waals surface area contributed by atoms with Gasteiger partial charge in [0.25, 0.3) is 0 Å². The third kappa shape index (κ3) is 3.14. The molecular formula is C17H21ClN2. The Morgan fingerprint density at radius 3 is 2.10 bits per heavy atom. The standard InChI is InChI=1S/C17H21ClN2/c1-11-7-12(2)9-15(8-11)20(4)14-5-6-16(13(3)19)17(18)10-14/h5-10,13H,19H2,1-4H3. The third-order valence-electron chi connectivity index (χ3n) is 3.46. The number of nitrogens with zero attached hydrogens (tertiary/aromatic N) is 1. The van der Waals surface area contributed by atoms with Gasteiger partial charge in [0, 0.05) is 29.5 Å². The molecule has 1 unspecified atom stereocenters. The fraction of sp³-hybridized carbons (Fsp3) is 0.294. The molecule has 1 atom stereocenters. The van der Waals surface area contributed by atoms with E-state index in [4.69, 9.17) is 17.3 Å². The molecule has 0 spiro atoms. The number of hydrogen-bond donors (Lipinski definition) is 1. The van der Waals surface area contributed by atoms with Crippen LogP contribution in [0.15, 0.2) is 36.4 Å². The zero-order valence-electron chi connectivity index (χ0n) is 12.4. The molecule has 0 heterocycles. The van der Waals surface area contributed by atoms with Crippen LogP contribution in [0.1, 0.15) is 29.7 Å². The Hall–Kier alpha value is -1.51. The summed E-state index contributed by atoms with van der Waals surface area (Å²) in [6.07, 6.45) is 0. The average Bonchev–Trinajstić information content (AvgIpc) is 2.36. The van der Waals surface area contributed by atoms with Crippen LogP contribution < -0.4 is 10.6 Å². The van der Waals surface area contributed by atoms with Crippen LogP contribution in [0.2, 0.25) is 5.02 Å². The number of aryl methyl sites for hydroxylation is 2. The van der Waals surface area contributed by atoms with Gasteiger partial charge < -0.3 is 10.6 Å². The van der Waals surface area contributed by atoms with Gasteiger partial charge >= 0.3 is 0 Å². The molecule has 0 amide bonds. The van der Waals surface area contributed by atoms with E-state index in [1.807, 2.05) is 26.1 Å². The van der Waals surface area contributed by atoms with Crippen molar-refractivity contribution in [2.24, 2.45) is 5.73 Å². The van der Waals surface area contributed by atoms with Crippen molar-refractivity contribution in [2.45, 2.75) is 26.8 Å². The highest BCUT2D eigenvalue weighted by molar-refractivity contribution is 6.31. The first-order valence-corrected chi connectivity index (χ1v) is 7.13. The first kappa shape index (κ1) is 14.9. The fourth-order valence-corrected chi connectivity index (χ4v) is 2.73. The smallest absolute Gasteiger partial charge is 0.0474 e. The van der Waals surface area contributed by atoms with Gasteiger partial charge in [0.2, 0.25) is 0 Å². The minimum absolute atomic E-state index is 0.0527. The van der Waals surface area contributed by atoms with Crippen molar-refractivity contribution < 1.29 is 0 Å². The van der Waals surface area contributed by atoms with Gasteiger partial charge in [-0.3, -0.25) is 0 Å². The number of hydrogen-bond acceptors (Lipinski definition) is 2.